The van der Waals surface area contributed by atoms with Crippen LogP contribution < -0.4 is 4.90 Å². The molecule has 2 saturated heterocycles. The van der Waals surface area contributed by atoms with Gasteiger partial charge in [0, 0.05) is 24.8 Å². The molecule has 1 N–H and O–H groups in total. The van der Waals surface area contributed by atoms with Crippen LogP contribution in [-0.2, 0) is 6.61 Å². The van der Waals surface area contributed by atoms with E-state index in [9.17, 15) is 5.11 Å². The number of piperidine rings is 2. The van der Waals surface area contributed by atoms with Crippen LogP contribution in [0.1, 0.15) is 43.4 Å². The lowest BCUT2D eigenvalue weighted by Crippen LogP contribution is -2.47. The molecule has 4 heteroatoms. The Labute approximate surface area is 127 Å². The number of anilines is 1. The lowest BCUT2D eigenvalue weighted by molar-refractivity contribution is 0.141. The minimum atomic E-state index is 0.0795. The van der Waals surface area contributed by atoms with E-state index in [4.69, 9.17) is 0 Å². The van der Waals surface area contributed by atoms with Gasteiger partial charge in [-0.3, -0.25) is 0 Å². The Bertz CT molecular complexity index is 463. The monoisotopic (exact) mass is 289 g/mol. The summed E-state index contributed by atoms with van der Waals surface area (Å²) in [5.74, 6) is 1.07. The lowest BCUT2D eigenvalue weighted by atomic mass is 10.00. The number of likely N-dealkylation sites (tertiary alicyclic amines) is 1. The first-order valence-corrected chi connectivity index (χ1v) is 8.34. The van der Waals surface area contributed by atoms with Crippen LogP contribution in [-0.4, -0.2) is 47.2 Å². The molecule has 2 aliphatic heterocycles. The molecule has 0 saturated carbocycles. The van der Waals surface area contributed by atoms with Crippen molar-refractivity contribution in [2.75, 3.05) is 31.1 Å². The Morgan fingerprint density at radius 3 is 2.43 bits per heavy atom. The average molecular weight is 289 g/mol. The molecule has 0 atom stereocenters. The molecule has 2 aliphatic rings. The molecule has 1 aromatic heterocycles. The van der Waals surface area contributed by atoms with Crippen LogP contribution in [0.15, 0.2) is 12.1 Å². The van der Waals surface area contributed by atoms with Gasteiger partial charge in [0.1, 0.15) is 5.82 Å². The van der Waals surface area contributed by atoms with E-state index in [1.165, 1.54) is 45.2 Å². The first-order chi connectivity index (χ1) is 10.3. The van der Waals surface area contributed by atoms with E-state index in [0.29, 0.717) is 0 Å². The van der Waals surface area contributed by atoms with Crippen molar-refractivity contribution in [3.8, 4) is 0 Å². The molecule has 0 amide bonds. The van der Waals surface area contributed by atoms with E-state index >= 15 is 0 Å². The van der Waals surface area contributed by atoms with E-state index in [2.05, 4.69) is 20.9 Å². The summed E-state index contributed by atoms with van der Waals surface area (Å²) in [4.78, 5) is 9.76. The van der Waals surface area contributed by atoms with Crippen molar-refractivity contribution >= 4 is 5.82 Å². The highest BCUT2D eigenvalue weighted by molar-refractivity contribution is 5.42. The third-order valence-electron chi connectivity index (χ3n) is 5.05. The Balaban J connectivity index is 1.58. The Kier molecular flexibility index (Phi) is 4.76. The third-order valence-corrected chi connectivity index (χ3v) is 5.05. The summed E-state index contributed by atoms with van der Waals surface area (Å²) in [6.45, 7) is 6.87. The maximum Gasteiger partial charge on any atom is 0.128 e. The van der Waals surface area contributed by atoms with Crippen molar-refractivity contribution < 1.29 is 5.11 Å². The van der Waals surface area contributed by atoms with Gasteiger partial charge in [0.05, 0.1) is 6.61 Å². The highest BCUT2D eigenvalue weighted by atomic mass is 16.3. The highest BCUT2D eigenvalue weighted by Gasteiger charge is 2.26. The van der Waals surface area contributed by atoms with E-state index in [-0.39, 0.29) is 6.61 Å². The van der Waals surface area contributed by atoms with Gasteiger partial charge in [-0.15, -0.1) is 0 Å². The molecule has 4 nitrogen and oxygen atoms in total. The summed E-state index contributed by atoms with van der Waals surface area (Å²) in [6, 6.07) is 4.84. The van der Waals surface area contributed by atoms with Crippen LogP contribution in [0.5, 0.6) is 0 Å². The highest BCUT2D eigenvalue weighted by Crippen LogP contribution is 2.24. The molecule has 21 heavy (non-hydrogen) atoms. The topological polar surface area (TPSA) is 39.6 Å². The third kappa shape index (κ3) is 3.38. The van der Waals surface area contributed by atoms with Crippen molar-refractivity contribution in [1.82, 2.24) is 9.88 Å². The van der Waals surface area contributed by atoms with Gasteiger partial charge in [0.2, 0.25) is 0 Å². The average Bonchev–Trinajstić information content (AvgIpc) is 2.56. The smallest absolute Gasteiger partial charge is 0.128 e. The Morgan fingerprint density at radius 2 is 1.81 bits per heavy atom. The Hall–Kier alpha value is -1.13. The number of rotatable bonds is 3. The Morgan fingerprint density at radius 1 is 1.10 bits per heavy atom. The van der Waals surface area contributed by atoms with Gasteiger partial charge in [-0.25, -0.2) is 4.98 Å². The molecule has 0 bridgehead atoms. The summed E-state index contributed by atoms with van der Waals surface area (Å²) in [5.41, 5.74) is 1.88. The van der Waals surface area contributed by atoms with E-state index < -0.39 is 0 Å². The van der Waals surface area contributed by atoms with Crippen LogP contribution in [0, 0.1) is 6.92 Å². The number of aryl methyl sites for hydroxylation is 1. The van der Waals surface area contributed by atoms with Crippen LogP contribution >= 0.6 is 0 Å². The van der Waals surface area contributed by atoms with Gasteiger partial charge in [-0.05, 0) is 57.3 Å². The summed E-state index contributed by atoms with van der Waals surface area (Å²) in [6.07, 6.45) is 6.67. The number of hydrogen-bond acceptors (Lipinski definition) is 4. The molecule has 2 fully saturated rings. The van der Waals surface area contributed by atoms with Crippen LogP contribution in [0.2, 0.25) is 0 Å². The molecule has 0 aliphatic carbocycles. The lowest BCUT2D eigenvalue weighted by Gasteiger charge is -2.40. The molecule has 1 aromatic rings. The largest absolute Gasteiger partial charge is 0.392 e. The summed E-state index contributed by atoms with van der Waals surface area (Å²) >= 11 is 0. The number of aliphatic hydroxyl groups excluding tert-OH is 1. The van der Waals surface area contributed by atoms with E-state index in [0.717, 1.165) is 36.2 Å². The number of hydrogen-bond donors (Lipinski definition) is 1. The van der Waals surface area contributed by atoms with Crippen LogP contribution in [0.4, 0.5) is 5.82 Å². The minimum Gasteiger partial charge on any atom is -0.392 e. The summed E-state index contributed by atoms with van der Waals surface area (Å²) in [7, 11) is 0. The fraction of sp³-hybridized carbons (Fsp3) is 0.706. The summed E-state index contributed by atoms with van der Waals surface area (Å²) < 4.78 is 0. The second-order valence-corrected chi connectivity index (χ2v) is 6.39. The second kappa shape index (κ2) is 6.75. The van der Waals surface area contributed by atoms with Crippen molar-refractivity contribution in [3.63, 3.8) is 0 Å². The molecule has 0 aromatic carbocycles. The first kappa shape index (κ1) is 14.8. The molecule has 0 radical (unpaired) electrons. The molecule has 3 heterocycles. The molecule has 116 valence electrons. The van der Waals surface area contributed by atoms with Gasteiger partial charge >= 0.3 is 0 Å². The van der Waals surface area contributed by atoms with Gasteiger partial charge in [0.25, 0.3) is 0 Å². The normalized spacial score (nSPS) is 21.7. The van der Waals surface area contributed by atoms with Gasteiger partial charge < -0.3 is 14.9 Å². The number of nitrogens with zero attached hydrogens (tertiary/aromatic N) is 3. The quantitative estimate of drug-likeness (QED) is 0.927. The maximum absolute atomic E-state index is 9.24. The molecule has 3 rings (SSSR count). The fourth-order valence-corrected chi connectivity index (χ4v) is 3.66. The number of aliphatic hydroxyl groups is 1. The molecule has 0 spiro atoms. The zero-order chi connectivity index (χ0) is 14.7. The van der Waals surface area contributed by atoms with Crippen molar-refractivity contribution in [2.45, 2.75) is 51.7 Å². The maximum atomic E-state index is 9.24. The fourth-order valence-electron chi connectivity index (χ4n) is 3.66. The van der Waals surface area contributed by atoms with Crippen molar-refractivity contribution in [2.24, 2.45) is 0 Å². The zero-order valence-corrected chi connectivity index (χ0v) is 13.1. The molecule has 0 unspecified atom stereocenters. The van der Waals surface area contributed by atoms with E-state index in [1.807, 2.05) is 13.0 Å². The molecular weight excluding hydrogens is 262 g/mol. The van der Waals surface area contributed by atoms with Gasteiger partial charge in [-0.1, -0.05) is 12.5 Å². The predicted molar refractivity (Wildman–Crippen MR) is 85.6 cm³/mol. The van der Waals surface area contributed by atoms with Crippen molar-refractivity contribution in [1.29, 1.82) is 0 Å². The zero-order valence-electron chi connectivity index (χ0n) is 13.1. The van der Waals surface area contributed by atoms with Crippen LogP contribution in [0.3, 0.4) is 0 Å². The second-order valence-electron chi connectivity index (χ2n) is 6.39. The standard InChI is InChI=1S/C17H27N3O/c1-14-15(13-21)5-6-17(18-14)20-11-7-16(8-12-20)19-9-3-2-4-10-19/h5-6,16,21H,2-4,7-13H2,1H3. The number of pyridine rings is 1. The summed E-state index contributed by atoms with van der Waals surface area (Å²) in [5, 5.41) is 9.24. The first-order valence-electron chi connectivity index (χ1n) is 8.34. The van der Waals surface area contributed by atoms with E-state index in [1.54, 1.807) is 0 Å². The minimum absolute atomic E-state index is 0.0795. The van der Waals surface area contributed by atoms with Crippen LogP contribution in [0.25, 0.3) is 0 Å². The van der Waals surface area contributed by atoms with Gasteiger partial charge in [-0.2, -0.15) is 0 Å². The predicted octanol–water partition coefficient (Wildman–Crippen LogP) is 2.34. The number of aromatic nitrogens is 1. The van der Waals surface area contributed by atoms with Crippen molar-refractivity contribution in [3.05, 3.63) is 23.4 Å². The molecular formula is C17H27N3O. The van der Waals surface area contributed by atoms with Gasteiger partial charge in [0.15, 0.2) is 0 Å². The SMILES string of the molecule is Cc1nc(N2CCC(N3CCCCC3)CC2)ccc1CO.